The van der Waals surface area contributed by atoms with Gasteiger partial charge in [-0.3, -0.25) is 0 Å². The number of methoxy groups -OCH3 is 2. The zero-order valence-electron chi connectivity index (χ0n) is 16.7. The van der Waals surface area contributed by atoms with Crippen LogP contribution in [0.15, 0.2) is 48.5 Å². The van der Waals surface area contributed by atoms with Crippen LogP contribution in [0.3, 0.4) is 0 Å². The van der Waals surface area contributed by atoms with E-state index >= 15 is 0 Å². The number of hydrogen-bond acceptors (Lipinski definition) is 6. The van der Waals surface area contributed by atoms with Crippen molar-refractivity contribution in [1.29, 1.82) is 0 Å². The van der Waals surface area contributed by atoms with Gasteiger partial charge in [-0.25, -0.2) is 0 Å². The monoisotopic (exact) mass is 420 g/mol. The van der Waals surface area contributed by atoms with Crippen LogP contribution in [0.4, 0.5) is 0 Å². The lowest BCUT2D eigenvalue weighted by molar-refractivity contribution is 0.414. The summed E-state index contributed by atoms with van der Waals surface area (Å²) in [6.07, 6.45) is 1.91. The van der Waals surface area contributed by atoms with E-state index in [1.807, 2.05) is 24.3 Å². The highest BCUT2D eigenvalue weighted by atomic mass is 32.1. The molecule has 4 nitrogen and oxygen atoms in total. The van der Waals surface area contributed by atoms with Crippen molar-refractivity contribution in [3.8, 4) is 11.5 Å². The number of thiol groups is 2. The Kier molecular flexibility index (Phi) is 10.6. The lowest BCUT2D eigenvalue weighted by atomic mass is 10.1. The molecule has 2 aromatic rings. The summed E-state index contributed by atoms with van der Waals surface area (Å²) >= 11 is 9.00. The molecule has 0 heterocycles. The van der Waals surface area contributed by atoms with Gasteiger partial charge in [0.1, 0.15) is 11.5 Å². The zero-order valence-corrected chi connectivity index (χ0v) is 18.5. The van der Waals surface area contributed by atoms with Crippen molar-refractivity contribution in [3.63, 3.8) is 0 Å². The van der Waals surface area contributed by atoms with E-state index in [1.54, 1.807) is 14.2 Å². The van der Waals surface area contributed by atoms with Crippen LogP contribution in [0.1, 0.15) is 11.1 Å². The van der Waals surface area contributed by atoms with Gasteiger partial charge >= 0.3 is 0 Å². The lowest BCUT2D eigenvalue weighted by Crippen LogP contribution is -2.41. The topological polar surface area (TPSA) is 42.5 Å². The summed E-state index contributed by atoms with van der Waals surface area (Å²) in [7, 11) is 3.37. The molecule has 0 aliphatic carbocycles. The maximum Gasteiger partial charge on any atom is 0.118 e. The van der Waals surface area contributed by atoms with Gasteiger partial charge in [0.25, 0.3) is 0 Å². The predicted molar refractivity (Wildman–Crippen MR) is 125 cm³/mol. The van der Waals surface area contributed by atoms with Gasteiger partial charge in [-0.05, 0) is 48.2 Å². The minimum Gasteiger partial charge on any atom is -0.497 e. The van der Waals surface area contributed by atoms with Crippen LogP contribution in [0.2, 0.25) is 0 Å². The third-order valence-corrected chi connectivity index (χ3v) is 5.60. The summed E-state index contributed by atoms with van der Waals surface area (Å²) in [4.78, 5) is 0. The van der Waals surface area contributed by atoms with E-state index < -0.39 is 0 Å². The van der Waals surface area contributed by atoms with Crippen LogP contribution >= 0.6 is 25.3 Å². The van der Waals surface area contributed by atoms with Gasteiger partial charge in [-0.1, -0.05) is 24.3 Å². The van der Waals surface area contributed by atoms with Gasteiger partial charge < -0.3 is 20.1 Å². The summed E-state index contributed by atoms with van der Waals surface area (Å²) in [5.41, 5.74) is 2.57. The van der Waals surface area contributed by atoms with E-state index in [0.717, 1.165) is 48.9 Å². The van der Waals surface area contributed by atoms with Crippen LogP contribution in [0.25, 0.3) is 0 Å². The average molecular weight is 421 g/mol. The summed E-state index contributed by atoms with van der Waals surface area (Å²) in [6.45, 7) is 1.79. The summed E-state index contributed by atoms with van der Waals surface area (Å²) in [6, 6.07) is 17.1. The second kappa shape index (κ2) is 13.0. The molecular formula is C22H32N2O2S2. The van der Waals surface area contributed by atoms with Crippen LogP contribution in [0, 0.1) is 0 Å². The van der Waals surface area contributed by atoms with Crippen molar-refractivity contribution >= 4 is 25.3 Å². The third kappa shape index (κ3) is 7.95. The standard InChI is InChI=1S/C22H32N2O2S2/c1-25-21-7-3-17(4-8-21)13-19(15-27)23-11-12-24-20(16-28)14-18-5-9-22(26-2)10-6-18/h3-10,19-20,23-24,27-28H,11-16H2,1-2H3/t19-,20-/m0/s1. The van der Waals surface area contributed by atoms with Crippen molar-refractivity contribution in [2.24, 2.45) is 0 Å². The Morgan fingerprint density at radius 3 is 1.32 bits per heavy atom. The van der Waals surface area contributed by atoms with Crippen LogP contribution in [0.5, 0.6) is 11.5 Å². The maximum atomic E-state index is 5.22. The van der Waals surface area contributed by atoms with E-state index in [2.05, 4.69) is 60.2 Å². The largest absolute Gasteiger partial charge is 0.497 e. The second-order valence-corrected chi connectivity index (χ2v) is 7.50. The molecule has 2 atom stereocenters. The fourth-order valence-corrected chi connectivity index (χ4v) is 3.56. The third-order valence-electron chi connectivity index (χ3n) is 4.71. The van der Waals surface area contributed by atoms with E-state index in [4.69, 9.17) is 9.47 Å². The Balaban J connectivity index is 1.71. The van der Waals surface area contributed by atoms with Crippen molar-refractivity contribution in [2.75, 3.05) is 38.8 Å². The smallest absolute Gasteiger partial charge is 0.118 e. The molecule has 0 aliphatic heterocycles. The van der Waals surface area contributed by atoms with E-state index in [9.17, 15) is 0 Å². The lowest BCUT2D eigenvalue weighted by Gasteiger charge is -2.20. The first kappa shape index (κ1) is 22.9. The molecule has 6 heteroatoms. The quantitative estimate of drug-likeness (QED) is 0.297. The number of ether oxygens (including phenoxy) is 2. The molecular weight excluding hydrogens is 388 g/mol. The Morgan fingerprint density at radius 2 is 1.04 bits per heavy atom. The fraction of sp³-hybridized carbons (Fsp3) is 0.455. The van der Waals surface area contributed by atoms with Gasteiger partial charge in [0.15, 0.2) is 0 Å². The van der Waals surface area contributed by atoms with Crippen molar-refractivity contribution in [2.45, 2.75) is 24.9 Å². The summed E-state index contributed by atoms with van der Waals surface area (Å²) < 4.78 is 10.4. The molecule has 0 saturated carbocycles. The minimum absolute atomic E-state index is 0.342. The number of rotatable bonds is 13. The van der Waals surface area contributed by atoms with Gasteiger partial charge in [-0.15, -0.1) is 0 Å². The average Bonchev–Trinajstić information content (AvgIpc) is 2.75. The molecule has 0 bridgehead atoms. The highest BCUT2D eigenvalue weighted by Gasteiger charge is 2.10. The molecule has 0 radical (unpaired) electrons. The molecule has 0 aromatic heterocycles. The van der Waals surface area contributed by atoms with Crippen LogP contribution in [-0.2, 0) is 12.8 Å². The SMILES string of the molecule is COc1ccc(C[C@@H](CS)NCCN[C@H](CS)Cc2ccc(OC)cc2)cc1. The Bertz CT molecular complexity index is 606. The first-order chi connectivity index (χ1) is 13.7. The number of benzene rings is 2. The highest BCUT2D eigenvalue weighted by molar-refractivity contribution is 7.80. The van der Waals surface area contributed by atoms with Gasteiger partial charge in [0.05, 0.1) is 14.2 Å². The number of nitrogens with one attached hydrogen (secondary N) is 2. The van der Waals surface area contributed by atoms with Crippen LogP contribution in [-0.4, -0.2) is 50.9 Å². The van der Waals surface area contributed by atoms with E-state index in [1.165, 1.54) is 11.1 Å². The summed E-state index contributed by atoms with van der Waals surface area (Å²) in [5, 5.41) is 7.19. The maximum absolute atomic E-state index is 5.22. The molecule has 0 saturated heterocycles. The van der Waals surface area contributed by atoms with Gasteiger partial charge in [-0.2, -0.15) is 25.3 Å². The first-order valence-electron chi connectivity index (χ1n) is 9.62. The molecule has 2 rings (SSSR count). The normalized spacial score (nSPS) is 13.1. The van der Waals surface area contributed by atoms with Gasteiger partial charge in [0.2, 0.25) is 0 Å². The highest BCUT2D eigenvalue weighted by Crippen LogP contribution is 2.14. The predicted octanol–water partition coefficient (Wildman–Crippen LogP) is 3.27. The molecule has 28 heavy (non-hydrogen) atoms. The molecule has 0 unspecified atom stereocenters. The Labute approximate surface area is 180 Å². The molecule has 2 N–H and O–H groups in total. The second-order valence-electron chi connectivity index (χ2n) is 6.77. The van der Waals surface area contributed by atoms with Gasteiger partial charge in [0, 0.05) is 36.7 Å². The number of hydrogen-bond donors (Lipinski definition) is 4. The van der Waals surface area contributed by atoms with E-state index in [0.29, 0.717) is 12.1 Å². The molecule has 0 spiro atoms. The molecule has 0 amide bonds. The van der Waals surface area contributed by atoms with Crippen molar-refractivity contribution in [3.05, 3.63) is 59.7 Å². The molecule has 0 aliphatic rings. The molecule has 154 valence electrons. The van der Waals surface area contributed by atoms with Crippen molar-refractivity contribution in [1.82, 2.24) is 10.6 Å². The fourth-order valence-electron chi connectivity index (χ4n) is 3.05. The zero-order chi connectivity index (χ0) is 20.2. The molecule has 0 fully saturated rings. The van der Waals surface area contributed by atoms with E-state index in [-0.39, 0.29) is 0 Å². The van der Waals surface area contributed by atoms with Crippen LogP contribution < -0.4 is 20.1 Å². The Hall–Kier alpha value is -1.34. The first-order valence-corrected chi connectivity index (χ1v) is 10.9. The van der Waals surface area contributed by atoms with Crippen molar-refractivity contribution < 1.29 is 9.47 Å². The minimum atomic E-state index is 0.342. The Morgan fingerprint density at radius 1 is 0.679 bits per heavy atom. The molecule has 2 aromatic carbocycles. The summed E-state index contributed by atoms with van der Waals surface area (Å²) in [5.74, 6) is 3.37.